The first-order chi connectivity index (χ1) is 9.69. The molecule has 2 N–H and O–H groups in total. The number of hydrogen-bond donors (Lipinski definition) is 2. The number of pyridine rings is 1. The average molecular weight is 279 g/mol. The van der Waals surface area contributed by atoms with Gasteiger partial charge in [0.1, 0.15) is 5.69 Å². The van der Waals surface area contributed by atoms with Gasteiger partial charge in [-0.15, -0.1) is 0 Å². The van der Waals surface area contributed by atoms with Crippen LogP contribution in [0, 0.1) is 0 Å². The summed E-state index contributed by atoms with van der Waals surface area (Å²) < 4.78 is 4.90. The lowest BCUT2D eigenvalue weighted by molar-refractivity contribution is 0.0943. The molecule has 6 heteroatoms. The summed E-state index contributed by atoms with van der Waals surface area (Å²) in [6.07, 6.45) is 3.06. The second-order valence-electron chi connectivity index (χ2n) is 4.29. The van der Waals surface area contributed by atoms with E-state index in [0.717, 1.165) is 12.8 Å². The molecule has 0 aliphatic rings. The standard InChI is InChI=1S/C14H21N3O3/c1-3-6-16-13(18)11-5-8-15-12(10-11)14(19)17-7-4-9-20-2/h5,8,10H,3-4,6-7,9H2,1-2H3,(H,16,18)(H,17,19). The molecule has 0 aliphatic carbocycles. The maximum atomic E-state index is 11.9. The van der Waals surface area contributed by atoms with Gasteiger partial charge in [0, 0.05) is 38.6 Å². The number of aromatic nitrogens is 1. The molecule has 6 nitrogen and oxygen atoms in total. The Morgan fingerprint density at radius 1 is 1.25 bits per heavy atom. The van der Waals surface area contributed by atoms with E-state index in [4.69, 9.17) is 4.74 Å². The zero-order chi connectivity index (χ0) is 14.8. The lowest BCUT2D eigenvalue weighted by Crippen LogP contribution is -2.27. The predicted molar refractivity (Wildman–Crippen MR) is 75.7 cm³/mol. The summed E-state index contributed by atoms with van der Waals surface area (Å²) in [5.41, 5.74) is 0.682. The third-order valence-electron chi connectivity index (χ3n) is 2.60. The lowest BCUT2D eigenvalue weighted by atomic mass is 10.2. The molecule has 1 rings (SSSR count). The van der Waals surface area contributed by atoms with Crippen LogP contribution < -0.4 is 10.6 Å². The molecule has 0 atom stereocenters. The summed E-state index contributed by atoms with van der Waals surface area (Å²) in [6, 6.07) is 3.09. The van der Waals surface area contributed by atoms with Crippen molar-refractivity contribution >= 4 is 11.8 Å². The summed E-state index contributed by atoms with van der Waals surface area (Å²) in [6.45, 7) is 3.69. The van der Waals surface area contributed by atoms with Crippen molar-refractivity contribution in [3.05, 3.63) is 29.6 Å². The molecule has 0 radical (unpaired) electrons. The van der Waals surface area contributed by atoms with Crippen LogP contribution in [0.4, 0.5) is 0 Å². The molecule has 0 aromatic carbocycles. The number of nitrogens with one attached hydrogen (secondary N) is 2. The number of ether oxygens (including phenoxy) is 1. The molecule has 110 valence electrons. The van der Waals surface area contributed by atoms with Gasteiger partial charge < -0.3 is 15.4 Å². The van der Waals surface area contributed by atoms with Crippen LogP contribution in [-0.4, -0.2) is 43.6 Å². The summed E-state index contributed by atoms with van der Waals surface area (Å²) >= 11 is 0. The van der Waals surface area contributed by atoms with Gasteiger partial charge >= 0.3 is 0 Å². The van der Waals surface area contributed by atoms with Crippen molar-refractivity contribution in [1.82, 2.24) is 15.6 Å². The maximum absolute atomic E-state index is 11.9. The minimum atomic E-state index is -0.286. The third kappa shape index (κ3) is 5.36. The van der Waals surface area contributed by atoms with Crippen LogP contribution in [-0.2, 0) is 4.74 Å². The van der Waals surface area contributed by atoms with Crippen LogP contribution in [0.25, 0.3) is 0 Å². The van der Waals surface area contributed by atoms with E-state index in [1.54, 1.807) is 13.2 Å². The highest BCUT2D eigenvalue weighted by Crippen LogP contribution is 2.02. The van der Waals surface area contributed by atoms with Crippen LogP contribution in [0.2, 0.25) is 0 Å². The fourth-order valence-corrected chi connectivity index (χ4v) is 1.55. The number of carbonyl (C=O) groups is 2. The van der Waals surface area contributed by atoms with Crippen LogP contribution in [0.15, 0.2) is 18.3 Å². The number of carbonyl (C=O) groups excluding carboxylic acids is 2. The molecule has 0 bridgehead atoms. The first kappa shape index (κ1) is 16.1. The molecule has 1 aromatic rings. The summed E-state index contributed by atoms with van der Waals surface area (Å²) in [5, 5.41) is 5.49. The van der Waals surface area contributed by atoms with E-state index in [-0.39, 0.29) is 17.5 Å². The molecule has 0 spiro atoms. The van der Waals surface area contributed by atoms with E-state index >= 15 is 0 Å². The number of amides is 2. The van der Waals surface area contributed by atoms with Crippen molar-refractivity contribution in [3.8, 4) is 0 Å². The second kappa shape index (κ2) is 9.03. The monoisotopic (exact) mass is 279 g/mol. The quantitative estimate of drug-likeness (QED) is 0.695. The Morgan fingerprint density at radius 3 is 2.70 bits per heavy atom. The van der Waals surface area contributed by atoms with Crippen molar-refractivity contribution in [2.45, 2.75) is 19.8 Å². The summed E-state index contributed by atoms with van der Waals surface area (Å²) in [5.74, 6) is -0.478. The van der Waals surface area contributed by atoms with Crippen LogP contribution in [0.1, 0.15) is 40.6 Å². The molecule has 0 saturated heterocycles. The molecule has 1 heterocycles. The molecule has 0 unspecified atom stereocenters. The van der Waals surface area contributed by atoms with E-state index < -0.39 is 0 Å². The fraction of sp³-hybridized carbons (Fsp3) is 0.500. The first-order valence-electron chi connectivity index (χ1n) is 6.70. The minimum Gasteiger partial charge on any atom is -0.385 e. The Kier molecular flexibility index (Phi) is 7.27. The van der Waals surface area contributed by atoms with Crippen molar-refractivity contribution < 1.29 is 14.3 Å². The van der Waals surface area contributed by atoms with E-state index in [9.17, 15) is 9.59 Å². The Hall–Kier alpha value is -1.95. The van der Waals surface area contributed by atoms with Crippen LogP contribution >= 0.6 is 0 Å². The minimum absolute atomic E-state index is 0.192. The average Bonchev–Trinajstić information content (AvgIpc) is 2.49. The fourth-order valence-electron chi connectivity index (χ4n) is 1.55. The summed E-state index contributed by atoms with van der Waals surface area (Å²) in [4.78, 5) is 27.6. The number of hydrogen-bond acceptors (Lipinski definition) is 4. The maximum Gasteiger partial charge on any atom is 0.269 e. The van der Waals surface area contributed by atoms with E-state index in [1.807, 2.05) is 6.92 Å². The van der Waals surface area contributed by atoms with Gasteiger partial charge in [0.2, 0.25) is 0 Å². The van der Waals surface area contributed by atoms with Gasteiger partial charge in [0.25, 0.3) is 11.8 Å². The van der Waals surface area contributed by atoms with Crippen molar-refractivity contribution in [2.75, 3.05) is 26.8 Å². The van der Waals surface area contributed by atoms with Gasteiger partial charge in [-0.05, 0) is 25.0 Å². The second-order valence-corrected chi connectivity index (χ2v) is 4.29. The topological polar surface area (TPSA) is 80.3 Å². The van der Waals surface area contributed by atoms with Crippen LogP contribution in [0.5, 0.6) is 0 Å². The Morgan fingerprint density at radius 2 is 2.00 bits per heavy atom. The molecule has 2 amide bonds. The smallest absolute Gasteiger partial charge is 0.269 e. The zero-order valence-electron chi connectivity index (χ0n) is 11.9. The van der Waals surface area contributed by atoms with Gasteiger partial charge in [-0.1, -0.05) is 6.92 Å². The SMILES string of the molecule is CCCNC(=O)c1ccnc(C(=O)NCCCOC)c1. The van der Waals surface area contributed by atoms with Crippen molar-refractivity contribution in [3.63, 3.8) is 0 Å². The summed E-state index contributed by atoms with van der Waals surface area (Å²) in [7, 11) is 1.61. The molecular weight excluding hydrogens is 258 g/mol. The molecule has 1 aromatic heterocycles. The number of nitrogens with zero attached hydrogens (tertiary/aromatic N) is 1. The largest absolute Gasteiger partial charge is 0.385 e. The molecule has 0 aliphatic heterocycles. The first-order valence-corrected chi connectivity index (χ1v) is 6.70. The normalized spacial score (nSPS) is 10.1. The molecule has 0 fully saturated rings. The highest BCUT2D eigenvalue weighted by molar-refractivity contribution is 5.98. The number of methoxy groups -OCH3 is 1. The predicted octanol–water partition coefficient (Wildman–Crippen LogP) is 0.988. The Bertz CT molecular complexity index is 449. The van der Waals surface area contributed by atoms with Crippen molar-refractivity contribution in [2.24, 2.45) is 0 Å². The van der Waals surface area contributed by atoms with Gasteiger partial charge in [0.05, 0.1) is 0 Å². The van der Waals surface area contributed by atoms with E-state index in [0.29, 0.717) is 25.3 Å². The molecule has 0 saturated carbocycles. The molecular formula is C14H21N3O3. The highest BCUT2D eigenvalue weighted by Gasteiger charge is 2.10. The van der Waals surface area contributed by atoms with E-state index in [1.165, 1.54) is 12.3 Å². The Balaban J connectivity index is 2.58. The van der Waals surface area contributed by atoms with Gasteiger partial charge in [-0.25, -0.2) is 0 Å². The van der Waals surface area contributed by atoms with E-state index in [2.05, 4.69) is 15.6 Å². The van der Waals surface area contributed by atoms with Crippen LogP contribution in [0.3, 0.4) is 0 Å². The van der Waals surface area contributed by atoms with Gasteiger partial charge in [0.15, 0.2) is 0 Å². The number of rotatable bonds is 8. The van der Waals surface area contributed by atoms with Crippen molar-refractivity contribution in [1.29, 1.82) is 0 Å². The molecule has 20 heavy (non-hydrogen) atoms. The lowest BCUT2D eigenvalue weighted by Gasteiger charge is -2.06. The third-order valence-corrected chi connectivity index (χ3v) is 2.60. The zero-order valence-corrected chi connectivity index (χ0v) is 11.9. The van der Waals surface area contributed by atoms with Gasteiger partial charge in [-0.3, -0.25) is 14.6 Å². The van der Waals surface area contributed by atoms with Gasteiger partial charge in [-0.2, -0.15) is 0 Å². The highest BCUT2D eigenvalue weighted by atomic mass is 16.5. The Labute approximate surface area is 118 Å².